The molecule has 94 valence electrons. The van der Waals surface area contributed by atoms with E-state index in [4.69, 9.17) is 5.73 Å². The summed E-state index contributed by atoms with van der Waals surface area (Å²) in [6.45, 7) is 2.05. The fourth-order valence-corrected chi connectivity index (χ4v) is 1.61. The standard InChI is InChI=1S/C13H19FN2O/c1-3-4-8-12(15)13(17)16(2)11-7-5-6-10(14)9-11/h5-7,9,12H,3-4,8,15H2,1-2H3/t12-/m0/s1. The van der Waals surface area contributed by atoms with Crippen LogP contribution in [0.2, 0.25) is 0 Å². The Balaban J connectivity index is 2.69. The maximum Gasteiger partial charge on any atom is 0.243 e. The van der Waals surface area contributed by atoms with E-state index in [1.165, 1.54) is 17.0 Å². The van der Waals surface area contributed by atoms with Crippen LogP contribution in [0.5, 0.6) is 0 Å². The van der Waals surface area contributed by atoms with Gasteiger partial charge in [0.2, 0.25) is 5.91 Å². The Labute approximate surface area is 101 Å². The van der Waals surface area contributed by atoms with Crippen LogP contribution in [0.25, 0.3) is 0 Å². The number of unbranched alkanes of at least 4 members (excludes halogenated alkanes) is 1. The third kappa shape index (κ3) is 3.82. The minimum absolute atomic E-state index is 0.177. The fraction of sp³-hybridized carbons (Fsp3) is 0.462. The number of rotatable bonds is 5. The molecule has 2 N–H and O–H groups in total. The van der Waals surface area contributed by atoms with Gasteiger partial charge in [-0.15, -0.1) is 0 Å². The Hall–Kier alpha value is -1.42. The fourth-order valence-electron chi connectivity index (χ4n) is 1.61. The summed E-state index contributed by atoms with van der Waals surface area (Å²) in [6.07, 6.45) is 2.59. The summed E-state index contributed by atoms with van der Waals surface area (Å²) < 4.78 is 13.0. The van der Waals surface area contributed by atoms with Gasteiger partial charge >= 0.3 is 0 Å². The highest BCUT2D eigenvalue weighted by atomic mass is 19.1. The highest BCUT2D eigenvalue weighted by molar-refractivity contribution is 5.96. The molecule has 0 aliphatic rings. The first-order valence-electron chi connectivity index (χ1n) is 5.85. The van der Waals surface area contributed by atoms with Crippen LogP contribution < -0.4 is 10.6 Å². The van der Waals surface area contributed by atoms with E-state index in [9.17, 15) is 9.18 Å². The van der Waals surface area contributed by atoms with E-state index in [1.54, 1.807) is 19.2 Å². The second-order valence-electron chi connectivity index (χ2n) is 4.13. The van der Waals surface area contributed by atoms with Crippen LogP contribution in [0.4, 0.5) is 10.1 Å². The molecule has 4 heteroatoms. The molecule has 1 aromatic carbocycles. The highest BCUT2D eigenvalue weighted by Gasteiger charge is 2.18. The summed E-state index contributed by atoms with van der Waals surface area (Å²) in [5.41, 5.74) is 6.32. The van der Waals surface area contributed by atoms with Crippen molar-refractivity contribution in [2.45, 2.75) is 32.2 Å². The van der Waals surface area contributed by atoms with Crippen LogP contribution in [0.1, 0.15) is 26.2 Å². The molecule has 0 radical (unpaired) electrons. The van der Waals surface area contributed by atoms with Crippen LogP contribution in [0.3, 0.4) is 0 Å². The van der Waals surface area contributed by atoms with Crippen molar-refractivity contribution in [3.05, 3.63) is 30.1 Å². The molecule has 0 aliphatic carbocycles. The number of nitrogens with zero attached hydrogens (tertiary/aromatic N) is 1. The molecule has 0 aromatic heterocycles. The van der Waals surface area contributed by atoms with Crippen molar-refractivity contribution in [1.29, 1.82) is 0 Å². The SMILES string of the molecule is CCCC[C@H](N)C(=O)N(C)c1cccc(F)c1. The van der Waals surface area contributed by atoms with Gasteiger partial charge in [0.25, 0.3) is 0 Å². The molecule has 17 heavy (non-hydrogen) atoms. The Morgan fingerprint density at radius 1 is 1.53 bits per heavy atom. The van der Waals surface area contributed by atoms with Gasteiger partial charge < -0.3 is 10.6 Å². The lowest BCUT2D eigenvalue weighted by molar-refractivity contribution is -0.119. The van der Waals surface area contributed by atoms with Crippen LogP contribution in [-0.2, 0) is 4.79 Å². The topological polar surface area (TPSA) is 46.3 Å². The summed E-state index contributed by atoms with van der Waals surface area (Å²) in [5.74, 6) is -0.534. The van der Waals surface area contributed by atoms with Crippen molar-refractivity contribution < 1.29 is 9.18 Å². The number of anilines is 1. The largest absolute Gasteiger partial charge is 0.320 e. The van der Waals surface area contributed by atoms with Gasteiger partial charge in [-0.05, 0) is 24.6 Å². The van der Waals surface area contributed by atoms with Crippen molar-refractivity contribution in [1.82, 2.24) is 0 Å². The van der Waals surface area contributed by atoms with Crippen molar-refractivity contribution in [3.8, 4) is 0 Å². The number of amides is 1. The van der Waals surface area contributed by atoms with Gasteiger partial charge in [-0.2, -0.15) is 0 Å². The number of likely N-dealkylation sites (N-methyl/N-ethyl adjacent to an activating group) is 1. The molecule has 1 amide bonds. The summed E-state index contributed by atoms with van der Waals surface area (Å²) >= 11 is 0. The lowest BCUT2D eigenvalue weighted by Crippen LogP contribution is -2.41. The quantitative estimate of drug-likeness (QED) is 0.855. The smallest absolute Gasteiger partial charge is 0.243 e. The molecular formula is C13H19FN2O. The zero-order chi connectivity index (χ0) is 12.8. The molecule has 0 saturated carbocycles. The lowest BCUT2D eigenvalue weighted by Gasteiger charge is -2.21. The Bertz CT molecular complexity index is 381. The van der Waals surface area contributed by atoms with Crippen molar-refractivity contribution >= 4 is 11.6 Å². The zero-order valence-corrected chi connectivity index (χ0v) is 10.3. The number of hydrogen-bond acceptors (Lipinski definition) is 2. The second-order valence-corrected chi connectivity index (χ2v) is 4.13. The van der Waals surface area contributed by atoms with E-state index in [1.807, 2.05) is 6.92 Å². The van der Waals surface area contributed by atoms with Gasteiger partial charge in [0.15, 0.2) is 0 Å². The zero-order valence-electron chi connectivity index (χ0n) is 10.3. The molecule has 0 spiro atoms. The minimum Gasteiger partial charge on any atom is -0.320 e. The molecular weight excluding hydrogens is 219 g/mol. The predicted octanol–water partition coefficient (Wildman–Crippen LogP) is 2.31. The number of carbonyl (C=O) groups excluding carboxylic acids is 1. The maximum atomic E-state index is 13.0. The van der Waals surface area contributed by atoms with E-state index in [0.717, 1.165) is 12.8 Å². The van der Waals surface area contributed by atoms with Crippen LogP contribution in [0.15, 0.2) is 24.3 Å². The average molecular weight is 238 g/mol. The molecule has 1 atom stereocenters. The third-order valence-corrected chi connectivity index (χ3v) is 2.71. The van der Waals surface area contributed by atoms with Gasteiger partial charge in [0, 0.05) is 12.7 Å². The van der Waals surface area contributed by atoms with E-state index < -0.39 is 6.04 Å². The van der Waals surface area contributed by atoms with Crippen molar-refractivity contribution in [2.75, 3.05) is 11.9 Å². The normalized spacial score (nSPS) is 12.2. The summed E-state index contributed by atoms with van der Waals surface area (Å²) in [6, 6.07) is 5.42. The van der Waals surface area contributed by atoms with Crippen molar-refractivity contribution in [3.63, 3.8) is 0 Å². The molecule has 0 aliphatic heterocycles. The van der Waals surface area contributed by atoms with Gasteiger partial charge in [0.1, 0.15) is 5.82 Å². The molecule has 3 nitrogen and oxygen atoms in total. The molecule has 0 unspecified atom stereocenters. The molecule has 0 bridgehead atoms. The average Bonchev–Trinajstić information content (AvgIpc) is 2.34. The van der Waals surface area contributed by atoms with E-state index in [0.29, 0.717) is 12.1 Å². The maximum absolute atomic E-state index is 13.0. The Morgan fingerprint density at radius 3 is 2.82 bits per heavy atom. The van der Waals surface area contributed by atoms with Crippen LogP contribution in [0, 0.1) is 5.82 Å². The first-order chi connectivity index (χ1) is 8.06. The van der Waals surface area contributed by atoms with Crippen LogP contribution >= 0.6 is 0 Å². The summed E-state index contributed by atoms with van der Waals surface area (Å²) in [4.78, 5) is 13.3. The van der Waals surface area contributed by atoms with Crippen molar-refractivity contribution in [2.24, 2.45) is 5.73 Å². The first-order valence-corrected chi connectivity index (χ1v) is 5.85. The number of carbonyl (C=O) groups is 1. The van der Waals surface area contributed by atoms with Gasteiger partial charge in [-0.1, -0.05) is 25.8 Å². The Kier molecular flexibility index (Phi) is 5.10. The number of benzene rings is 1. The Morgan fingerprint density at radius 2 is 2.24 bits per heavy atom. The highest BCUT2D eigenvalue weighted by Crippen LogP contribution is 2.15. The monoisotopic (exact) mass is 238 g/mol. The second kappa shape index (κ2) is 6.35. The number of halogens is 1. The van der Waals surface area contributed by atoms with Crippen LogP contribution in [-0.4, -0.2) is 19.0 Å². The van der Waals surface area contributed by atoms with E-state index in [-0.39, 0.29) is 11.7 Å². The molecule has 1 aromatic rings. The first kappa shape index (κ1) is 13.6. The third-order valence-electron chi connectivity index (χ3n) is 2.71. The molecule has 1 rings (SSSR count). The summed E-state index contributed by atoms with van der Waals surface area (Å²) in [7, 11) is 1.61. The van der Waals surface area contributed by atoms with Gasteiger partial charge in [-0.3, -0.25) is 4.79 Å². The molecule has 0 heterocycles. The van der Waals surface area contributed by atoms with E-state index in [2.05, 4.69) is 0 Å². The molecule has 0 saturated heterocycles. The lowest BCUT2D eigenvalue weighted by atomic mass is 10.1. The van der Waals surface area contributed by atoms with Gasteiger partial charge in [-0.25, -0.2) is 4.39 Å². The molecule has 0 fully saturated rings. The van der Waals surface area contributed by atoms with E-state index >= 15 is 0 Å². The minimum atomic E-state index is -0.511. The predicted molar refractivity (Wildman–Crippen MR) is 67.3 cm³/mol. The number of hydrogen-bond donors (Lipinski definition) is 1. The van der Waals surface area contributed by atoms with Gasteiger partial charge in [0.05, 0.1) is 6.04 Å². The summed E-state index contributed by atoms with van der Waals surface area (Å²) in [5, 5.41) is 0. The number of nitrogens with two attached hydrogens (primary N) is 1.